The molecule has 1 saturated heterocycles. The number of aromatic nitrogens is 2. The molecule has 0 saturated carbocycles. The van der Waals surface area contributed by atoms with Gasteiger partial charge in [-0.15, -0.1) is 0 Å². The third-order valence-electron chi connectivity index (χ3n) is 5.31. The normalized spacial score (nSPS) is 18.5. The molecule has 1 aromatic carbocycles. The molecule has 1 atom stereocenters. The van der Waals surface area contributed by atoms with Crippen molar-refractivity contribution in [3.8, 4) is 5.69 Å². The van der Waals surface area contributed by atoms with Crippen LogP contribution in [0.15, 0.2) is 30.3 Å². The molecule has 2 amide bonds. The smallest absolute Gasteiger partial charge is 0.308 e. The van der Waals surface area contributed by atoms with Gasteiger partial charge in [0.25, 0.3) is 5.91 Å². The van der Waals surface area contributed by atoms with Crippen molar-refractivity contribution in [2.24, 2.45) is 0 Å². The maximum atomic E-state index is 13.3. The second kappa shape index (κ2) is 7.46. The number of amides is 2. The summed E-state index contributed by atoms with van der Waals surface area (Å²) in [4.78, 5) is 38.9. The third kappa shape index (κ3) is 3.15. The number of carbonyl (C=O) groups excluding carboxylic acids is 3. The Hall–Kier alpha value is -3.16. The van der Waals surface area contributed by atoms with E-state index in [0.29, 0.717) is 18.8 Å². The average Bonchev–Trinajstić information content (AvgIpc) is 3.32. The van der Waals surface area contributed by atoms with Crippen LogP contribution in [0.4, 0.5) is 0 Å². The first-order valence-corrected chi connectivity index (χ1v) is 9.42. The summed E-state index contributed by atoms with van der Waals surface area (Å²) in [5.74, 6) is -1.18. The van der Waals surface area contributed by atoms with E-state index in [1.54, 1.807) is 0 Å². The monoisotopic (exact) mass is 382 g/mol. The SMILES string of the molecule is COC(=O)CC1C(=O)NCCN1C(=O)c1nn(-c2ccccc2)c2c1CCC2. The second-order valence-corrected chi connectivity index (χ2v) is 6.96. The molecule has 28 heavy (non-hydrogen) atoms. The summed E-state index contributed by atoms with van der Waals surface area (Å²) in [5, 5.41) is 7.33. The lowest BCUT2D eigenvalue weighted by atomic mass is 10.1. The van der Waals surface area contributed by atoms with Gasteiger partial charge in [0, 0.05) is 24.3 Å². The predicted molar refractivity (Wildman–Crippen MR) is 100 cm³/mol. The van der Waals surface area contributed by atoms with Gasteiger partial charge in [0.15, 0.2) is 5.69 Å². The Morgan fingerprint density at radius 1 is 1.25 bits per heavy atom. The minimum absolute atomic E-state index is 0.171. The Labute approximate surface area is 162 Å². The third-order valence-corrected chi connectivity index (χ3v) is 5.31. The maximum absolute atomic E-state index is 13.3. The number of ether oxygens (including phenoxy) is 1. The summed E-state index contributed by atoms with van der Waals surface area (Å²) in [6.07, 6.45) is 2.43. The van der Waals surface area contributed by atoms with Gasteiger partial charge in [-0.2, -0.15) is 5.10 Å². The number of para-hydroxylation sites is 1. The highest BCUT2D eigenvalue weighted by Crippen LogP contribution is 2.29. The molecule has 0 radical (unpaired) electrons. The number of carbonyl (C=O) groups is 3. The molecule has 4 rings (SSSR count). The van der Waals surface area contributed by atoms with Crippen LogP contribution in [0.1, 0.15) is 34.6 Å². The van der Waals surface area contributed by atoms with Crippen LogP contribution < -0.4 is 5.32 Å². The minimum atomic E-state index is -0.882. The van der Waals surface area contributed by atoms with E-state index >= 15 is 0 Å². The maximum Gasteiger partial charge on any atom is 0.308 e. The summed E-state index contributed by atoms with van der Waals surface area (Å²) in [7, 11) is 1.27. The molecule has 1 aliphatic heterocycles. The van der Waals surface area contributed by atoms with Gasteiger partial charge in [-0.1, -0.05) is 18.2 Å². The molecular weight excluding hydrogens is 360 g/mol. The van der Waals surface area contributed by atoms with Gasteiger partial charge >= 0.3 is 5.97 Å². The lowest BCUT2D eigenvalue weighted by molar-refractivity contribution is -0.145. The minimum Gasteiger partial charge on any atom is -0.469 e. The number of methoxy groups -OCH3 is 1. The van der Waals surface area contributed by atoms with Crippen molar-refractivity contribution in [3.05, 3.63) is 47.3 Å². The molecule has 2 aliphatic rings. The van der Waals surface area contributed by atoms with Crippen LogP contribution in [0.3, 0.4) is 0 Å². The van der Waals surface area contributed by atoms with Gasteiger partial charge in [-0.25, -0.2) is 4.68 Å². The van der Waals surface area contributed by atoms with Crippen molar-refractivity contribution >= 4 is 17.8 Å². The first-order chi connectivity index (χ1) is 13.6. The van der Waals surface area contributed by atoms with Crippen molar-refractivity contribution in [2.45, 2.75) is 31.7 Å². The van der Waals surface area contributed by atoms with Crippen molar-refractivity contribution in [2.75, 3.05) is 20.2 Å². The molecule has 1 unspecified atom stereocenters. The zero-order valence-electron chi connectivity index (χ0n) is 15.7. The first-order valence-electron chi connectivity index (χ1n) is 9.42. The van der Waals surface area contributed by atoms with E-state index in [-0.39, 0.29) is 18.2 Å². The number of hydrogen-bond donors (Lipinski definition) is 1. The molecule has 2 heterocycles. The van der Waals surface area contributed by atoms with Gasteiger partial charge in [-0.3, -0.25) is 14.4 Å². The number of nitrogens with one attached hydrogen (secondary N) is 1. The van der Waals surface area contributed by atoms with E-state index in [2.05, 4.69) is 10.4 Å². The van der Waals surface area contributed by atoms with Gasteiger partial charge in [-0.05, 0) is 31.4 Å². The van der Waals surface area contributed by atoms with Gasteiger partial charge in [0.1, 0.15) is 6.04 Å². The predicted octanol–water partition coefficient (Wildman–Crippen LogP) is 0.865. The van der Waals surface area contributed by atoms with Crippen LogP contribution in [0, 0.1) is 0 Å². The molecule has 8 nitrogen and oxygen atoms in total. The first kappa shape index (κ1) is 18.2. The average molecular weight is 382 g/mol. The fourth-order valence-corrected chi connectivity index (χ4v) is 3.93. The molecule has 8 heteroatoms. The van der Waals surface area contributed by atoms with E-state index in [1.807, 2.05) is 35.0 Å². The van der Waals surface area contributed by atoms with Gasteiger partial charge in [0.2, 0.25) is 5.91 Å². The Balaban J connectivity index is 1.69. The topological polar surface area (TPSA) is 93.5 Å². The highest BCUT2D eigenvalue weighted by molar-refractivity contribution is 5.99. The van der Waals surface area contributed by atoms with Crippen molar-refractivity contribution < 1.29 is 19.1 Å². The lowest BCUT2D eigenvalue weighted by Crippen LogP contribution is -2.58. The second-order valence-electron chi connectivity index (χ2n) is 6.96. The number of rotatable bonds is 4. The molecule has 1 fully saturated rings. The molecule has 146 valence electrons. The quantitative estimate of drug-likeness (QED) is 0.792. The summed E-state index contributed by atoms with van der Waals surface area (Å²) in [6.45, 7) is 0.684. The summed E-state index contributed by atoms with van der Waals surface area (Å²) in [6, 6.07) is 8.82. The number of piperazine rings is 1. The number of hydrogen-bond acceptors (Lipinski definition) is 5. The number of fused-ring (bicyclic) bond motifs is 1. The molecule has 2 aromatic rings. The standard InChI is InChI=1S/C20H22N4O4/c1-28-17(25)12-16-19(26)21-10-11-23(16)20(27)18-14-8-5-9-15(14)24(22-18)13-6-3-2-4-7-13/h2-4,6-7,16H,5,8-12H2,1H3,(H,21,26). The van der Waals surface area contributed by atoms with Crippen LogP contribution in [-0.4, -0.2) is 58.7 Å². The Bertz CT molecular complexity index is 922. The molecule has 0 spiro atoms. The van der Waals surface area contributed by atoms with E-state index in [4.69, 9.17) is 4.74 Å². The Kier molecular flexibility index (Phi) is 4.85. The number of nitrogens with zero attached hydrogens (tertiary/aromatic N) is 3. The summed E-state index contributed by atoms with van der Waals surface area (Å²) < 4.78 is 6.52. The molecule has 1 aromatic heterocycles. The van der Waals surface area contributed by atoms with E-state index in [1.165, 1.54) is 12.0 Å². The number of esters is 1. The molecule has 1 aliphatic carbocycles. The van der Waals surface area contributed by atoms with Crippen LogP contribution in [0.5, 0.6) is 0 Å². The van der Waals surface area contributed by atoms with Crippen LogP contribution in [-0.2, 0) is 27.2 Å². The molecule has 0 bridgehead atoms. The Morgan fingerprint density at radius 3 is 2.79 bits per heavy atom. The fraction of sp³-hybridized carbons (Fsp3) is 0.400. The zero-order valence-corrected chi connectivity index (χ0v) is 15.7. The highest BCUT2D eigenvalue weighted by Gasteiger charge is 2.38. The van der Waals surface area contributed by atoms with Crippen LogP contribution in [0.2, 0.25) is 0 Å². The van der Waals surface area contributed by atoms with Crippen LogP contribution >= 0.6 is 0 Å². The molecule has 1 N–H and O–H groups in total. The van der Waals surface area contributed by atoms with Gasteiger partial charge < -0.3 is 15.0 Å². The van der Waals surface area contributed by atoms with Crippen LogP contribution in [0.25, 0.3) is 5.69 Å². The van der Waals surface area contributed by atoms with E-state index in [9.17, 15) is 14.4 Å². The Morgan fingerprint density at radius 2 is 2.04 bits per heavy atom. The van der Waals surface area contributed by atoms with Crippen molar-refractivity contribution in [1.82, 2.24) is 20.0 Å². The van der Waals surface area contributed by atoms with Gasteiger partial charge in [0.05, 0.1) is 19.2 Å². The largest absolute Gasteiger partial charge is 0.469 e. The highest BCUT2D eigenvalue weighted by atomic mass is 16.5. The number of benzene rings is 1. The lowest BCUT2D eigenvalue weighted by Gasteiger charge is -2.34. The summed E-state index contributed by atoms with van der Waals surface area (Å²) >= 11 is 0. The van der Waals surface area contributed by atoms with E-state index < -0.39 is 12.0 Å². The summed E-state index contributed by atoms with van der Waals surface area (Å²) in [5.41, 5.74) is 3.26. The fourth-order valence-electron chi connectivity index (χ4n) is 3.93. The molecular formula is C20H22N4O4. The zero-order chi connectivity index (χ0) is 19.7. The van der Waals surface area contributed by atoms with Crippen molar-refractivity contribution in [3.63, 3.8) is 0 Å². The van der Waals surface area contributed by atoms with Crippen molar-refractivity contribution in [1.29, 1.82) is 0 Å². The van der Waals surface area contributed by atoms with E-state index in [0.717, 1.165) is 36.2 Å².